The molecule has 1 saturated heterocycles. The molecule has 0 radical (unpaired) electrons. The third-order valence-corrected chi connectivity index (χ3v) is 5.04. The highest BCUT2D eigenvalue weighted by Crippen LogP contribution is 2.16. The molecule has 2 rings (SSSR count). The normalized spacial score (nSPS) is 19.4. The van der Waals surface area contributed by atoms with Crippen molar-refractivity contribution in [3.63, 3.8) is 0 Å². The van der Waals surface area contributed by atoms with E-state index < -0.39 is 0 Å². The van der Waals surface area contributed by atoms with E-state index in [-0.39, 0.29) is 24.0 Å². The van der Waals surface area contributed by atoms with Gasteiger partial charge in [0.2, 0.25) is 0 Å². The molecule has 120 valence electrons. The number of hydrogen-bond donors (Lipinski definition) is 2. The predicted molar refractivity (Wildman–Crippen MR) is 103 cm³/mol. The van der Waals surface area contributed by atoms with Crippen molar-refractivity contribution < 1.29 is 0 Å². The largest absolute Gasteiger partial charge is 0.355 e. The molecule has 2 N–H and O–H groups in total. The number of hydrogen-bond acceptors (Lipinski definition) is 3. The Labute approximate surface area is 149 Å². The summed E-state index contributed by atoms with van der Waals surface area (Å²) in [4.78, 5) is 8.23. The number of halogens is 1. The van der Waals surface area contributed by atoms with Gasteiger partial charge in [-0.15, -0.1) is 35.3 Å². The molecule has 1 fully saturated rings. The molecule has 1 aliphatic heterocycles. The summed E-state index contributed by atoms with van der Waals surface area (Å²) in [6.45, 7) is 8.62. The van der Waals surface area contributed by atoms with Gasteiger partial charge in [0, 0.05) is 24.5 Å². The van der Waals surface area contributed by atoms with Gasteiger partial charge in [-0.25, -0.2) is 0 Å². The van der Waals surface area contributed by atoms with Gasteiger partial charge in [0.05, 0.1) is 6.54 Å². The molecule has 0 aromatic carbocycles. The lowest BCUT2D eigenvalue weighted by atomic mass is 10.2. The summed E-state index contributed by atoms with van der Waals surface area (Å²) in [5.74, 6) is 0.903. The number of guanidine groups is 1. The van der Waals surface area contributed by atoms with Crippen molar-refractivity contribution in [2.75, 3.05) is 26.7 Å². The molecule has 1 aromatic heterocycles. The van der Waals surface area contributed by atoms with Crippen LogP contribution in [0.25, 0.3) is 0 Å². The minimum Gasteiger partial charge on any atom is -0.355 e. The van der Waals surface area contributed by atoms with Gasteiger partial charge in [0.1, 0.15) is 0 Å². The molecule has 1 aliphatic rings. The van der Waals surface area contributed by atoms with Gasteiger partial charge in [0.25, 0.3) is 0 Å². The van der Waals surface area contributed by atoms with Crippen LogP contribution in [-0.2, 0) is 6.54 Å². The Balaban J connectivity index is 0.00000220. The fraction of sp³-hybridized carbons (Fsp3) is 0.667. The van der Waals surface area contributed by atoms with E-state index in [1.807, 2.05) is 7.05 Å². The standard InChI is InChI=1S/C15H26N4S.HI/c1-4-19-8-5-6-13(19)10-17-15(16-3)18-11-14-12(2)7-9-20-14;/h7,9,13H,4-6,8,10-11H2,1-3H3,(H2,16,17,18);1H. The van der Waals surface area contributed by atoms with Crippen LogP contribution < -0.4 is 10.6 Å². The van der Waals surface area contributed by atoms with E-state index in [0.717, 1.165) is 25.6 Å². The SMILES string of the molecule is CCN1CCCC1CNC(=NC)NCc1sccc1C.I. The Kier molecular flexibility index (Phi) is 8.58. The molecule has 0 spiro atoms. The summed E-state index contributed by atoms with van der Waals surface area (Å²) in [7, 11) is 1.84. The van der Waals surface area contributed by atoms with Crippen LogP contribution in [0, 0.1) is 6.92 Å². The molecule has 0 amide bonds. The second-order valence-corrected chi connectivity index (χ2v) is 6.26. The van der Waals surface area contributed by atoms with Crippen LogP contribution in [0.2, 0.25) is 0 Å². The van der Waals surface area contributed by atoms with Crippen LogP contribution in [0.5, 0.6) is 0 Å². The van der Waals surface area contributed by atoms with Gasteiger partial charge in [-0.05, 0) is 49.9 Å². The average Bonchev–Trinajstić information content (AvgIpc) is 3.08. The molecule has 21 heavy (non-hydrogen) atoms. The van der Waals surface area contributed by atoms with Crippen molar-refractivity contribution in [1.82, 2.24) is 15.5 Å². The molecule has 1 atom stereocenters. The number of thiophene rings is 1. The van der Waals surface area contributed by atoms with Crippen LogP contribution in [0.1, 0.15) is 30.2 Å². The van der Waals surface area contributed by atoms with Gasteiger partial charge in [0.15, 0.2) is 5.96 Å². The van der Waals surface area contributed by atoms with Crippen molar-refractivity contribution >= 4 is 41.3 Å². The van der Waals surface area contributed by atoms with Crippen molar-refractivity contribution in [2.24, 2.45) is 4.99 Å². The van der Waals surface area contributed by atoms with Crippen LogP contribution in [0.4, 0.5) is 0 Å². The smallest absolute Gasteiger partial charge is 0.191 e. The minimum atomic E-state index is 0. The highest BCUT2D eigenvalue weighted by Gasteiger charge is 2.22. The van der Waals surface area contributed by atoms with E-state index in [9.17, 15) is 0 Å². The number of likely N-dealkylation sites (tertiary alicyclic amines) is 1. The Morgan fingerprint density at radius 1 is 1.48 bits per heavy atom. The summed E-state index contributed by atoms with van der Waals surface area (Å²) in [5.41, 5.74) is 1.35. The Hall–Kier alpha value is -0.340. The fourth-order valence-electron chi connectivity index (χ4n) is 2.73. The first-order chi connectivity index (χ1) is 9.74. The molecule has 1 unspecified atom stereocenters. The minimum absolute atomic E-state index is 0. The lowest BCUT2D eigenvalue weighted by molar-refractivity contribution is 0.267. The maximum Gasteiger partial charge on any atom is 0.191 e. The van der Waals surface area contributed by atoms with Crippen molar-refractivity contribution in [1.29, 1.82) is 0 Å². The monoisotopic (exact) mass is 422 g/mol. The summed E-state index contributed by atoms with van der Waals surface area (Å²) < 4.78 is 0. The number of nitrogens with zero attached hydrogens (tertiary/aromatic N) is 2. The van der Waals surface area contributed by atoms with Crippen LogP contribution >= 0.6 is 35.3 Å². The van der Waals surface area contributed by atoms with E-state index in [0.29, 0.717) is 6.04 Å². The average molecular weight is 422 g/mol. The molecule has 6 heteroatoms. The van der Waals surface area contributed by atoms with Gasteiger partial charge >= 0.3 is 0 Å². The van der Waals surface area contributed by atoms with E-state index in [2.05, 4.69) is 45.8 Å². The van der Waals surface area contributed by atoms with Gasteiger partial charge in [-0.1, -0.05) is 6.92 Å². The fourth-order valence-corrected chi connectivity index (χ4v) is 3.57. The van der Waals surface area contributed by atoms with Crippen LogP contribution in [0.3, 0.4) is 0 Å². The summed E-state index contributed by atoms with van der Waals surface area (Å²) in [6, 6.07) is 2.82. The number of aliphatic imine (C=N–C) groups is 1. The van der Waals surface area contributed by atoms with E-state index in [4.69, 9.17) is 0 Å². The molecular weight excluding hydrogens is 395 g/mol. The summed E-state index contributed by atoms with van der Waals surface area (Å²) in [6.07, 6.45) is 2.61. The lowest BCUT2D eigenvalue weighted by Gasteiger charge is -2.23. The number of likely N-dealkylation sites (N-methyl/N-ethyl adjacent to an activating group) is 1. The molecule has 0 saturated carbocycles. The molecule has 4 nitrogen and oxygen atoms in total. The first kappa shape index (κ1) is 18.7. The Morgan fingerprint density at radius 2 is 2.29 bits per heavy atom. The van der Waals surface area contributed by atoms with Crippen LogP contribution in [0.15, 0.2) is 16.4 Å². The zero-order chi connectivity index (χ0) is 14.4. The second-order valence-electron chi connectivity index (χ2n) is 5.26. The van der Waals surface area contributed by atoms with Crippen LogP contribution in [-0.4, -0.2) is 43.6 Å². The Bertz CT molecular complexity index is 447. The molecule has 0 bridgehead atoms. The van der Waals surface area contributed by atoms with E-state index in [1.165, 1.54) is 29.8 Å². The number of rotatable bonds is 5. The van der Waals surface area contributed by atoms with Gasteiger partial charge in [-0.2, -0.15) is 0 Å². The van der Waals surface area contributed by atoms with Gasteiger partial charge in [-0.3, -0.25) is 9.89 Å². The highest BCUT2D eigenvalue weighted by molar-refractivity contribution is 14.0. The molecule has 0 aliphatic carbocycles. The molecular formula is C15H27IN4S. The summed E-state index contributed by atoms with van der Waals surface area (Å²) >= 11 is 1.80. The first-order valence-corrected chi connectivity index (χ1v) is 8.34. The first-order valence-electron chi connectivity index (χ1n) is 7.46. The highest BCUT2D eigenvalue weighted by atomic mass is 127. The summed E-state index contributed by atoms with van der Waals surface area (Å²) in [5, 5.41) is 9.00. The zero-order valence-corrected chi connectivity index (χ0v) is 16.3. The third kappa shape index (κ3) is 5.41. The van der Waals surface area contributed by atoms with E-state index >= 15 is 0 Å². The zero-order valence-electron chi connectivity index (χ0n) is 13.2. The molecule has 2 heterocycles. The second kappa shape index (κ2) is 9.63. The predicted octanol–water partition coefficient (Wildman–Crippen LogP) is 2.82. The number of nitrogens with one attached hydrogen (secondary N) is 2. The quantitative estimate of drug-likeness (QED) is 0.436. The van der Waals surface area contributed by atoms with Crippen molar-refractivity contribution in [3.8, 4) is 0 Å². The van der Waals surface area contributed by atoms with Crippen molar-refractivity contribution in [3.05, 3.63) is 21.9 Å². The maximum atomic E-state index is 4.31. The number of aryl methyl sites for hydroxylation is 1. The third-order valence-electron chi connectivity index (χ3n) is 4.02. The van der Waals surface area contributed by atoms with E-state index in [1.54, 1.807) is 11.3 Å². The van der Waals surface area contributed by atoms with Gasteiger partial charge < -0.3 is 10.6 Å². The molecule has 1 aromatic rings. The topological polar surface area (TPSA) is 39.7 Å². The lowest BCUT2D eigenvalue weighted by Crippen LogP contribution is -2.44. The Morgan fingerprint density at radius 3 is 2.90 bits per heavy atom. The maximum absolute atomic E-state index is 4.31. The van der Waals surface area contributed by atoms with Crippen molar-refractivity contribution in [2.45, 2.75) is 39.3 Å².